The number of hydrogen-bond acceptors (Lipinski definition) is 3. The van der Waals surface area contributed by atoms with Crippen LogP contribution in [0.4, 0.5) is 5.69 Å². The van der Waals surface area contributed by atoms with Gasteiger partial charge in [-0.3, -0.25) is 9.89 Å². The van der Waals surface area contributed by atoms with Crippen LogP contribution in [0.5, 0.6) is 0 Å². The van der Waals surface area contributed by atoms with Crippen molar-refractivity contribution in [3.05, 3.63) is 47.8 Å². The maximum atomic E-state index is 12.1. The van der Waals surface area contributed by atoms with Crippen molar-refractivity contribution in [1.29, 1.82) is 0 Å². The van der Waals surface area contributed by atoms with E-state index >= 15 is 0 Å². The third-order valence-electron chi connectivity index (χ3n) is 2.61. The number of nitrogens with one attached hydrogen (secondary N) is 1. The van der Waals surface area contributed by atoms with Crippen molar-refractivity contribution in [3.8, 4) is 0 Å². The first-order valence-corrected chi connectivity index (χ1v) is 5.29. The minimum Gasteiger partial charge on any atom is -0.326 e. The predicted octanol–water partition coefficient (Wildman–Crippen LogP) is 1.15. The van der Waals surface area contributed by atoms with Gasteiger partial charge < -0.3 is 10.6 Å². The van der Waals surface area contributed by atoms with Gasteiger partial charge in [-0.15, -0.1) is 0 Å². The van der Waals surface area contributed by atoms with Crippen LogP contribution in [0.2, 0.25) is 0 Å². The summed E-state index contributed by atoms with van der Waals surface area (Å²) in [7, 11) is 1.72. The molecule has 2 aromatic rings. The number of aromatic amines is 1. The van der Waals surface area contributed by atoms with Crippen LogP contribution in [0.25, 0.3) is 0 Å². The Morgan fingerprint density at radius 3 is 2.82 bits per heavy atom. The summed E-state index contributed by atoms with van der Waals surface area (Å²) in [5.41, 5.74) is 7.85. The van der Waals surface area contributed by atoms with E-state index in [0.29, 0.717) is 12.2 Å². The van der Waals surface area contributed by atoms with Crippen molar-refractivity contribution >= 4 is 11.6 Å². The lowest BCUT2D eigenvalue weighted by molar-refractivity contribution is 0.0988. The van der Waals surface area contributed by atoms with Crippen LogP contribution in [0.3, 0.4) is 0 Å². The number of rotatable bonds is 3. The summed E-state index contributed by atoms with van der Waals surface area (Å²) in [6.07, 6.45) is 1.55. The summed E-state index contributed by atoms with van der Waals surface area (Å²) < 4.78 is 0. The molecule has 0 aliphatic carbocycles. The number of carbonyl (C=O) groups excluding carboxylic acids is 1. The summed E-state index contributed by atoms with van der Waals surface area (Å²) in [6.45, 7) is 0.400. The predicted molar refractivity (Wildman–Crippen MR) is 65.7 cm³/mol. The summed E-state index contributed by atoms with van der Waals surface area (Å²) in [5, 5.41) is 6.42. The fraction of sp³-hybridized carbons (Fsp3) is 0.167. The maximum Gasteiger partial charge on any atom is 0.276 e. The summed E-state index contributed by atoms with van der Waals surface area (Å²) >= 11 is 0. The van der Waals surface area contributed by atoms with Gasteiger partial charge in [0.05, 0.1) is 0 Å². The van der Waals surface area contributed by atoms with Gasteiger partial charge in [0.2, 0.25) is 0 Å². The molecule has 1 aromatic carbocycles. The van der Waals surface area contributed by atoms with E-state index in [1.54, 1.807) is 24.2 Å². The number of amides is 1. The Morgan fingerprint density at radius 2 is 2.18 bits per heavy atom. The van der Waals surface area contributed by atoms with E-state index in [9.17, 15) is 4.79 Å². The van der Waals surface area contributed by atoms with E-state index in [4.69, 9.17) is 5.73 Å². The number of nitrogens with zero attached hydrogens (tertiary/aromatic N) is 2. The lowest BCUT2D eigenvalue weighted by Gasteiger charge is -2.19. The Balaban J connectivity index is 2.31. The van der Waals surface area contributed by atoms with E-state index in [1.165, 1.54) is 0 Å². The van der Waals surface area contributed by atoms with Crippen molar-refractivity contribution < 1.29 is 4.79 Å². The highest BCUT2D eigenvalue weighted by Gasteiger charge is 2.16. The molecule has 0 bridgehead atoms. The fourth-order valence-electron chi connectivity index (χ4n) is 1.68. The van der Waals surface area contributed by atoms with E-state index in [1.807, 2.05) is 24.3 Å². The van der Waals surface area contributed by atoms with Crippen LogP contribution in [-0.2, 0) is 6.54 Å². The first-order valence-electron chi connectivity index (χ1n) is 5.29. The molecule has 0 saturated heterocycles. The zero-order valence-corrected chi connectivity index (χ0v) is 9.55. The average molecular weight is 230 g/mol. The summed E-state index contributed by atoms with van der Waals surface area (Å²) in [4.78, 5) is 13.7. The van der Waals surface area contributed by atoms with E-state index in [2.05, 4.69) is 10.2 Å². The fourth-order valence-corrected chi connectivity index (χ4v) is 1.68. The van der Waals surface area contributed by atoms with Gasteiger partial charge >= 0.3 is 0 Å². The number of H-pyrrole nitrogens is 1. The first kappa shape index (κ1) is 11.3. The second-order valence-electron chi connectivity index (χ2n) is 3.67. The largest absolute Gasteiger partial charge is 0.326 e. The van der Waals surface area contributed by atoms with E-state index in [0.717, 1.165) is 11.3 Å². The average Bonchev–Trinajstić information content (AvgIpc) is 2.90. The SMILES string of the molecule is CN(C(=O)c1ccn[nH]1)c1ccccc1CN. The standard InChI is InChI=1S/C12H14N4O/c1-16(12(17)10-6-7-14-15-10)11-5-3-2-4-9(11)8-13/h2-7H,8,13H2,1H3,(H,14,15). The molecule has 1 aromatic heterocycles. The molecule has 0 spiro atoms. The van der Waals surface area contributed by atoms with Crippen molar-refractivity contribution in [2.75, 3.05) is 11.9 Å². The summed E-state index contributed by atoms with van der Waals surface area (Å²) in [6, 6.07) is 9.21. The smallest absolute Gasteiger partial charge is 0.276 e. The van der Waals surface area contributed by atoms with E-state index in [-0.39, 0.29) is 5.91 Å². The molecule has 5 heteroatoms. The Labute approximate surface area is 99.2 Å². The Bertz CT molecular complexity index is 507. The molecule has 0 atom stereocenters. The highest BCUT2D eigenvalue weighted by Crippen LogP contribution is 2.19. The third kappa shape index (κ3) is 2.19. The van der Waals surface area contributed by atoms with Gasteiger partial charge in [0.25, 0.3) is 5.91 Å². The molecule has 0 unspecified atom stereocenters. The number of anilines is 1. The maximum absolute atomic E-state index is 12.1. The van der Waals surface area contributed by atoms with Gasteiger partial charge in [-0.1, -0.05) is 18.2 Å². The molecule has 17 heavy (non-hydrogen) atoms. The quantitative estimate of drug-likeness (QED) is 0.830. The molecular weight excluding hydrogens is 216 g/mol. The molecule has 0 radical (unpaired) electrons. The molecule has 0 fully saturated rings. The van der Waals surface area contributed by atoms with Gasteiger partial charge in [0.1, 0.15) is 5.69 Å². The van der Waals surface area contributed by atoms with Crippen molar-refractivity contribution in [2.24, 2.45) is 5.73 Å². The minimum atomic E-state index is -0.136. The number of benzene rings is 1. The minimum absolute atomic E-state index is 0.136. The molecule has 1 heterocycles. The molecule has 88 valence electrons. The Morgan fingerprint density at radius 1 is 1.41 bits per heavy atom. The van der Waals surface area contributed by atoms with Crippen LogP contribution in [-0.4, -0.2) is 23.2 Å². The molecule has 3 N–H and O–H groups in total. The Hall–Kier alpha value is -2.14. The van der Waals surface area contributed by atoms with Crippen molar-refractivity contribution in [3.63, 3.8) is 0 Å². The van der Waals surface area contributed by atoms with Gasteiger partial charge in [0.15, 0.2) is 0 Å². The Kier molecular flexibility index (Phi) is 3.20. The highest BCUT2D eigenvalue weighted by molar-refractivity contribution is 6.04. The number of para-hydroxylation sites is 1. The number of aromatic nitrogens is 2. The monoisotopic (exact) mass is 230 g/mol. The highest BCUT2D eigenvalue weighted by atomic mass is 16.2. The molecule has 0 saturated carbocycles. The second-order valence-corrected chi connectivity index (χ2v) is 3.67. The molecular formula is C12H14N4O. The molecule has 0 aliphatic rings. The molecule has 1 amide bonds. The number of carbonyl (C=O) groups is 1. The second kappa shape index (κ2) is 4.80. The van der Waals surface area contributed by atoms with Crippen LogP contribution in [0.1, 0.15) is 16.1 Å². The zero-order valence-electron chi connectivity index (χ0n) is 9.55. The van der Waals surface area contributed by atoms with Crippen LogP contribution < -0.4 is 10.6 Å². The third-order valence-corrected chi connectivity index (χ3v) is 2.61. The van der Waals surface area contributed by atoms with Gasteiger partial charge in [-0.05, 0) is 17.7 Å². The number of nitrogens with two attached hydrogens (primary N) is 1. The molecule has 5 nitrogen and oxygen atoms in total. The van der Waals surface area contributed by atoms with Crippen molar-refractivity contribution in [1.82, 2.24) is 10.2 Å². The lowest BCUT2D eigenvalue weighted by atomic mass is 10.1. The van der Waals surface area contributed by atoms with Crippen LogP contribution in [0, 0.1) is 0 Å². The summed E-state index contributed by atoms with van der Waals surface area (Å²) in [5.74, 6) is -0.136. The molecule has 0 aliphatic heterocycles. The first-order chi connectivity index (χ1) is 8.24. The van der Waals surface area contributed by atoms with Crippen LogP contribution >= 0.6 is 0 Å². The van der Waals surface area contributed by atoms with Gasteiger partial charge in [-0.25, -0.2) is 0 Å². The van der Waals surface area contributed by atoms with Gasteiger partial charge in [0, 0.05) is 25.5 Å². The van der Waals surface area contributed by atoms with Crippen molar-refractivity contribution in [2.45, 2.75) is 6.54 Å². The van der Waals surface area contributed by atoms with Crippen LogP contribution in [0.15, 0.2) is 36.5 Å². The van der Waals surface area contributed by atoms with E-state index < -0.39 is 0 Å². The van der Waals surface area contributed by atoms with Gasteiger partial charge in [-0.2, -0.15) is 5.10 Å². The number of hydrogen-bond donors (Lipinski definition) is 2. The zero-order chi connectivity index (χ0) is 12.3. The lowest BCUT2D eigenvalue weighted by Crippen LogP contribution is -2.27. The topological polar surface area (TPSA) is 75.0 Å². The molecule has 2 rings (SSSR count). The normalized spacial score (nSPS) is 10.2.